The number of benzene rings is 2. The van der Waals surface area contributed by atoms with Crippen LogP contribution in [-0.2, 0) is 19.6 Å². The SMILES string of the molecule is CC(=O)Nc1ccc(NC(=O)c2cccc(S(=O)(=O)N3CC(C)OC(C)C3)c2)c(Cl)c1. The van der Waals surface area contributed by atoms with Gasteiger partial charge in [0.15, 0.2) is 0 Å². The number of ether oxygens (including phenoxy) is 1. The van der Waals surface area contributed by atoms with Gasteiger partial charge in [0, 0.05) is 31.3 Å². The summed E-state index contributed by atoms with van der Waals surface area (Å²) in [7, 11) is -3.78. The summed E-state index contributed by atoms with van der Waals surface area (Å²) in [5.41, 5.74) is 1.01. The van der Waals surface area contributed by atoms with Crippen molar-refractivity contribution >= 4 is 44.8 Å². The minimum Gasteiger partial charge on any atom is -0.373 e. The number of anilines is 2. The molecule has 1 aliphatic heterocycles. The van der Waals surface area contributed by atoms with Gasteiger partial charge in [-0.25, -0.2) is 8.42 Å². The number of carbonyl (C=O) groups excluding carboxylic acids is 2. The van der Waals surface area contributed by atoms with Crippen molar-refractivity contribution in [3.63, 3.8) is 0 Å². The average molecular weight is 466 g/mol. The van der Waals surface area contributed by atoms with Gasteiger partial charge in [0.2, 0.25) is 15.9 Å². The van der Waals surface area contributed by atoms with E-state index in [4.69, 9.17) is 16.3 Å². The molecular weight excluding hydrogens is 442 g/mol. The van der Waals surface area contributed by atoms with Crippen LogP contribution in [-0.4, -0.2) is 49.8 Å². The highest BCUT2D eigenvalue weighted by atomic mass is 35.5. The summed E-state index contributed by atoms with van der Waals surface area (Å²) < 4.78 is 33.1. The maximum atomic E-state index is 13.1. The Morgan fingerprint density at radius 3 is 2.35 bits per heavy atom. The molecule has 2 unspecified atom stereocenters. The molecule has 1 fully saturated rings. The zero-order chi connectivity index (χ0) is 22.8. The molecule has 1 heterocycles. The van der Waals surface area contributed by atoms with E-state index >= 15 is 0 Å². The summed E-state index contributed by atoms with van der Waals surface area (Å²) >= 11 is 6.20. The van der Waals surface area contributed by atoms with Gasteiger partial charge in [-0.3, -0.25) is 9.59 Å². The van der Waals surface area contributed by atoms with Crippen molar-refractivity contribution in [3.05, 3.63) is 53.1 Å². The average Bonchev–Trinajstić information content (AvgIpc) is 2.69. The lowest BCUT2D eigenvalue weighted by Crippen LogP contribution is -2.48. The van der Waals surface area contributed by atoms with Gasteiger partial charge in [-0.15, -0.1) is 0 Å². The normalized spacial score (nSPS) is 19.6. The van der Waals surface area contributed by atoms with Crippen LogP contribution in [0, 0.1) is 0 Å². The smallest absolute Gasteiger partial charge is 0.255 e. The molecule has 31 heavy (non-hydrogen) atoms. The second-order valence-electron chi connectivity index (χ2n) is 7.44. The summed E-state index contributed by atoms with van der Waals surface area (Å²) in [6.45, 7) is 5.52. The van der Waals surface area contributed by atoms with Crippen LogP contribution >= 0.6 is 11.6 Å². The molecule has 2 aromatic carbocycles. The van der Waals surface area contributed by atoms with Gasteiger partial charge in [0.1, 0.15) is 0 Å². The van der Waals surface area contributed by atoms with Crippen LogP contribution in [0.2, 0.25) is 5.02 Å². The van der Waals surface area contributed by atoms with Crippen molar-refractivity contribution in [2.75, 3.05) is 23.7 Å². The lowest BCUT2D eigenvalue weighted by Gasteiger charge is -2.34. The number of sulfonamides is 1. The van der Waals surface area contributed by atoms with Crippen molar-refractivity contribution in [1.29, 1.82) is 0 Å². The molecule has 0 aromatic heterocycles. The number of nitrogens with zero attached hydrogens (tertiary/aromatic N) is 1. The first-order valence-corrected chi connectivity index (χ1v) is 11.5. The highest BCUT2D eigenvalue weighted by Crippen LogP contribution is 2.27. The second kappa shape index (κ2) is 9.35. The Morgan fingerprint density at radius 2 is 1.74 bits per heavy atom. The van der Waals surface area contributed by atoms with Gasteiger partial charge in [0.25, 0.3) is 5.91 Å². The van der Waals surface area contributed by atoms with E-state index in [2.05, 4.69) is 10.6 Å². The van der Waals surface area contributed by atoms with E-state index in [1.54, 1.807) is 12.1 Å². The topological polar surface area (TPSA) is 105 Å². The predicted molar refractivity (Wildman–Crippen MR) is 119 cm³/mol. The largest absolute Gasteiger partial charge is 0.373 e. The maximum Gasteiger partial charge on any atom is 0.255 e. The van der Waals surface area contributed by atoms with Crippen LogP contribution < -0.4 is 10.6 Å². The van der Waals surface area contributed by atoms with E-state index in [0.717, 1.165) is 0 Å². The van der Waals surface area contributed by atoms with E-state index in [0.29, 0.717) is 11.4 Å². The van der Waals surface area contributed by atoms with Gasteiger partial charge in [-0.1, -0.05) is 17.7 Å². The maximum absolute atomic E-state index is 13.1. The minimum atomic E-state index is -3.78. The Kier molecular flexibility index (Phi) is 7.00. The van der Waals surface area contributed by atoms with Crippen molar-refractivity contribution in [3.8, 4) is 0 Å². The predicted octanol–water partition coefficient (Wildman–Crippen LogP) is 3.35. The number of carbonyl (C=O) groups is 2. The molecule has 1 aliphatic rings. The summed E-state index contributed by atoms with van der Waals surface area (Å²) in [6.07, 6.45) is -0.430. The lowest BCUT2D eigenvalue weighted by atomic mass is 10.2. The number of halogens is 1. The zero-order valence-corrected chi connectivity index (χ0v) is 19.0. The van der Waals surface area contributed by atoms with E-state index in [1.807, 2.05) is 13.8 Å². The quantitative estimate of drug-likeness (QED) is 0.704. The number of hydrogen-bond donors (Lipinski definition) is 2. The molecule has 0 saturated carbocycles. The molecule has 0 spiro atoms. The molecular formula is C21H24ClN3O5S. The minimum absolute atomic E-state index is 0.0357. The third-order valence-electron chi connectivity index (χ3n) is 4.66. The van der Waals surface area contributed by atoms with Crippen LogP contribution in [0.3, 0.4) is 0 Å². The highest BCUT2D eigenvalue weighted by Gasteiger charge is 2.32. The van der Waals surface area contributed by atoms with E-state index in [1.165, 1.54) is 41.6 Å². The number of amides is 2. The van der Waals surface area contributed by atoms with E-state index in [-0.39, 0.29) is 46.7 Å². The second-order valence-corrected chi connectivity index (χ2v) is 9.78. The van der Waals surface area contributed by atoms with Crippen LogP contribution in [0.15, 0.2) is 47.4 Å². The fourth-order valence-corrected chi connectivity index (χ4v) is 5.23. The first kappa shape index (κ1) is 23.2. The van der Waals surface area contributed by atoms with Crippen LogP contribution in [0.25, 0.3) is 0 Å². The Labute approximate surface area is 186 Å². The molecule has 2 atom stereocenters. The van der Waals surface area contributed by atoms with E-state index < -0.39 is 15.9 Å². The summed E-state index contributed by atoms with van der Waals surface area (Å²) in [6, 6.07) is 10.5. The molecule has 1 saturated heterocycles. The first-order chi connectivity index (χ1) is 14.6. The summed E-state index contributed by atoms with van der Waals surface area (Å²) in [5.74, 6) is -0.745. The Balaban J connectivity index is 1.80. The third-order valence-corrected chi connectivity index (χ3v) is 6.80. The van der Waals surface area contributed by atoms with E-state index in [9.17, 15) is 18.0 Å². The summed E-state index contributed by atoms with van der Waals surface area (Å²) in [5, 5.41) is 5.51. The molecule has 166 valence electrons. The summed E-state index contributed by atoms with van der Waals surface area (Å²) in [4.78, 5) is 23.9. The molecule has 3 rings (SSSR count). The molecule has 0 radical (unpaired) electrons. The fourth-order valence-electron chi connectivity index (χ4n) is 3.37. The molecule has 10 heteroatoms. The Hall–Kier alpha value is -2.46. The molecule has 2 amide bonds. The van der Waals surface area contributed by atoms with Gasteiger partial charge < -0.3 is 15.4 Å². The Bertz CT molecular complexity index is 1100. The van der Waals surface area contributed by atoms with Crippen molar-refractivity contribution in [2.45, 2.75) is 37.9 Å². The van der Waals surface area contributed by atoms with Crippen LogP contribution in [0.4, 0.5) is 11.4 Å². The molecule has 0 aliphatic carbocycles. The van der Waals surface area contributed by atoms with Gasteiger partial charge in [-0.05, 0) is 50.2 Å². The molecule has 2 N–H and O–H groups in total. The van der Waals surface area contributed by atoms with Gasteiger partial charge in [-0.2, -0.15) is 4.31 Å². The monoisotopic (exact) mass is 465 g/mol. The van der Waals surface area contributed by atoms with Crippen molar-refractivity contribution in [1.82, 2.24) is 4.31 Å². The Morgan fingerprint density at radius 1 is 1.06 bits per heavy atom. The zero-order valence-electron chi connectivity index (χ0n) is 17.4. The van der Waals surface area contributed by atoms with Crippen molar-refractivity contribution in [2.24, 2.45) is 0 Å². The number of hydrogen-bond acceptors (Lipinski definition) is 5. The van der Waals surface area contributed by atoms with Gasteiger partial charge in [0.05, 0.1) is 27.8 Å². The number of nitrogens with one attached hydrogen (secondary N) is 2. The number of morpholine rings is 1. The third kappa shape index (κ3) is 5.62. The van der Waals surface area contributed by atoms with Crippen LogP contribution in [0.5, 0.6) is 0 Å². The first-order valence-electron chi connectivity index (χ1n) is 9.70. The van der Waals surface area contributed by atoms with Crippen LogP contribution in [0.1, 0.15) is 31.1 Å². The molecule has 0 bridgehead atoms. The fraction of sp³-hybridized carbons (Fsp3) is 0.333. The van der Waals surface area contributed by atoms with Crippen molar-refractivity contribution < 1.29 is 22.7 Å². The number of rotatable bonds is 5. The highest BCUT2D eigenvalue weighted by molar-refractivity contribution is 7.89. The molecule has 2 aromatic rings. The van der Waals surface area contributed by atoms with Gasteiger partial charge >= 0.3 is 0 Å². The lowest BCUT2D eigenvalue weighted by molar-refractivity contribution is -0.114. The molecule has 8 nitrogen and oxygen atoms in total. The standard InChI is InChI=1S/C21H24ClN3O5S/c1-13-11-25(12-14(2)30-13)31(28,29)18-6-4-5-16(9-18)21(27)24-20-8-7-17(10-19(20)22)23-15(3)26/h4-10,13-14H,11-12H2,1-3H3,(H,23,26)(H,24,27).